The van der Waals surface area contributed by atoms with Crippen molar-refractivity contribution in [2.75, 3.05) is 38.1 Å². The number of anilines is 1. The first-order chi connectivity index (χ1) is 19.1. The average Bonchev–Trinajstić information content (AvgIpc) is 3.46. The molecule has 1 saturated heterocycles. The number of piperazine rings is 1. The molecule has 1 fully saturated rings. The first-order valence-electron chi connectivity index (χ1n) is 13.2. The van der Waals surface area contributed by atoms with Crippen LogP contribution in [0.2, 0.25) is 0 Å². The van der Waals surface area contributed by atoms with Crippen LogP contribution in [0.25, 0.3) is 17.2 Å². The fourth-order valence-corrected chi connectivity index (χ4v) is 5.31. The SMILES string of the molecule is CC(=O)N1CCN(CCc2cc(C3=Cc4nn(Cc5ccccc5)cc4C#CC3)c3c(NN)ncnn23)CC1. The monoisotopic (exact) mass is 521 g/mol. The van der Waals surface area contributed by atoms with Crippen LogP contribution in [0, 0.1) is 11.8 Å². The summed E-state index contributed by atoms with van der Waals surface area (Å²) in [5.74, 6) is 13.2. The number of nitrogens with zero attached hydrogens (tertiary/aromatic N) is 7. The molecule has 0 radical (unpaired) electrons. The van der Waals surface area contributed by atoms with Crippen molar-refractivity contribution in [2.45, 2.75) is 26.3 Å². The second kappa shape index (κ2) is 10.7. The number of fused-ring (bicyclic) bond motifs is 2. The van der Waals surface area contributed by atoms with E-state index in [1.54, 1.807) is 6.92 Å². The van der Waals surface area contributed by atoms with Gasteiger partial charge in [0.1, 0.15) is 17.5 Å². The van der Waals surface area contributed by atoms with Gasteiger partial charge in [-0.05, 0) is 23.3 Å². The summed E-state index contributed by atoms with van der Waals surface area (Å²) in [5.41, 5.74) is 9.66. The summed E-state index contributed by atoms with van der Waals surface area (Å²) < 4.78 is 3.87. The van der Waals surface area contributed by atoms with Gasteiger partial charge < -0.3 is 10.3 Å². The lowest BCUT2D eigenvalue weighted by Crippen LogP contribution is -2.48. The minimum atomic E-state index is 0.142. The maximum Gasteiger partial charge on any atom is 0.219 e. The molecular weight excluding hydrogens is 490 g/mol. The van der Waals surface area contributed by atoms with Gasteiger partial charge in [-0.3, -0.25) is 14.4 Å². The van der Waals surface area contributed by atoms with E-state index in [1.807, 2.05) is 38.5 Å². The first kappa shape index (κ1) is 24.9. The second-order valence-corrected chi connectivity index (χ2v) is 9.92. The van der Waals surface area contributed by atoms with Crippen LogP contribution in [-0.2, 0) is 17.8 Å². The molecule has 10 nitrogen and oxygen atoms in total. The predicted molar refractivity (Wildman–Crippen MR) is 150 cm³/mol. The zero-order valence-electron chi connectivity index (χ0n) is 22.0. The Morgan fingerprint density at radius 2 is 1.97 bits per heavy atom. The molecule has 1 aliphatic carbocycles. The molecular formula is C29H31N9O. The van der Waals surface area contributed by atoms with Crippen LogP contribution < -0.4 is 11.3 Å². The lowest BCUT2D eigenvalue weighted by atomic mass is 10.0. The molecule has 4 aromatic rings. The largest absolute Gasteiger partial charge is 0.340 e. The number of hydrogen-bond donors (Lipinski definition) is 2. The van der Waals surface area contributed by atoms with Gasteiger partial charge in [-0.15, -0.1) is 0 Å². The summed E-state index contributed by atoms with van der Waals surface area (Å²) in [6, 6.07) is 12.5. The summed E-state index contributed by atoms with van der Waals surface area (Å²) >= 11 is 0. The summed E-state index contributed by atoms with van der Waals surface area (Å²) in [5, 5.41) is 9.43. The number of benzene rings is 1. The molecule has 0 bridgehead atoms. The van der Waals surface area contributed by atoms with E-state index >= 15 is 0 Å². The van der Waals surface area contributed by atoms with Gasteiger partial charge in [0.25, 0.3) is 0 Å². The summed E-state index contributed by atoms with van der Waals surface area (Å²) in [6.45, 7) is 6.47. The Bertz CT molecular complexity index is 1600. The molecule has 10 heteroatoms. The molecule has 6 rings (SSSR count). The quantitative estimate of drug-likeness (QED) is 0.218. The zero-order valence-corrected chi connectivity index (χ0v) is 22.0. The van der Waals surface area contributed by atoms with Crippen LogP contribution >= 0.6 is 0 Å². The molecule has 198 valence electrons. The van der Waals surface area contributed by atoms with Crippen LogP contribution in [0.15, 0.2) is 48.9 Å². The number of nitrogens with one attached hydrogen (secondary N) is 1. The number of hydrazine groups is 1. The minimum Gasteiger partial charge on any atom is -0.340 e. The molecule has 1 amide bonds. The maximum atomic E-state index is 11.7. The highest BCUT2D eigenvalue weighted by Crippen LogP contribution is 2.32. The van der Waals surface area contributed by atoms with Crippen molar-refractivity contribution in [1.82, 2.24) is 34.2 Å². The highest BCUT2D eigenvalue weighted by molar-refractivity contribution is 5.94. The van der Waals surface area contributed by atoms with Crippen LogP contribution in [0.1, 0.15) is 41.4 Å². The summed E-state index contributed by atoms with van der Waals surface area (Å²) in [7, 11) is 0. The summed E-state index contributed by atoms with van der Waals surface area (Å²) in [6.07, 6.45) is 7.03. The molecule has 3 aromatic heterocycles. The number of nitrogens with two attached hydrogens (primary N) is 1. The van der Waals surface area contributed by atoms with E-state index < -0.39 is 0 Å². The third kappa shape index (κ3) is 5.14. The highest BCUT2D eigenvalue weighted by atomic mass is 16.2. The number of aromatic nitrogens is 5. The smallest absolute Gasteiger partial charge is 0.219 e. The van der Waals surface area contributed by atoms with Crippen molar-refractivity contribution in [3.63, 3.8) is 0 Å². The number of rotatable bonds is 7. The van der Waals surface area contributed by atoms with Crippen LogP contribution in [-0.4, -0.2) is 72.8 Å². The van der Waals surface area contributed by atoms with E-state index in [0.29, 0.717) is 18.8 Å². The van der Waals surface area contributed by atoms with E-state index in [0.717, 1.165) is 72.7 Å². The Hall–Kier alpha value is -4.46. The molecule has 3 N–H and O–H groups in total. The van der Waals surface area contributed by atoms with Gasteiger partial charge >= 0.3 is 0 Å². The number of amides is 1. The molecule has 1 aromatic carbocycles. The number of carbonyl (C=O) groups excluding carboxylic acids is 1. The van der Waals surface area contributed by atoms with Crippen molar-refractivity contribution in [1.29, 1.82) is 0 Å². The molecule has 0 spiro atoms. The van der Waals surface area contributed by atoms with Gasteiger partial charge in [0.2, 0.25) is 5.91 Å². The normalized spacial score (nSPS) is 15.3. The topological polar surface area (TPSA) is 110 Å². The standard InChI is InChI=1S/C29H31N9O/c1-21(39)36-14-12-35(13-15-36)11-10-25-17-26(28-29(33-30)31-20-32-38(25)28)23-8-5-9-24-19-37(34-27(24)16-23)18-22-6-3-2-4-7-22/h2-4,6-7,16-17,19-20H,8,10-15,18,30H2,1H3,(H,31,32,33). The lowest BCUT2D eigenvalue weighted by Gasteiger charge is -2.34. The minimum absolute atomic E-state index is 0.142. The van der Waals surface area contributed by atoms with Crippen molar-refractivity contribution < 1.29 is 4.79 Å². The van der Waals surface area contributed by atoms with E-state index in [9.17, 15) is 4.79 Å². The van der Waals surface area contributed by atoms with E-state index in [1.165, 1.54) is 11.9 Å². The Morgan fingerprint density at radius 1 is 1.15 bits per heavy atom. The van der Waals surface area contributed by atoms with Crippen LogP contribution in [0.4, 0.5) is 5.82 Å². The van der Waals surface area contributed by atoms with Gasteiger partial charge in [0, 0.05) is 69.9 Å². The Labute approximate surface area is 227 Å². The van der Waals surface area contributed by atoms with Gasteiger partial charge in [0.05, 0.1) is 12.1 Å². The number of allylic oxidation sites excluding steroid dienone is 1. The van der Waals surface area contributed by atoms with Gasteiger partial charge in [-0.1, -0.05) is 42.2 Å². The average molecular weight is 522 g/mol. The molecule has 0 atom stereocenters. The molecule has 39 heavy (non-hydrogen) atoms. The fourth-order valence-electron chi connectivity index (χ4n) is 5.31. The van der Waals surface area contributed by atoms with E-state index in [4.69, 9.17) is 10.9 Å². The second-order valence-electron chi connectivity index (χ2n) is 9.92. The van der Waals surface area contributed by atoms with Crippen molar-refractivity contribution in [3.05, 3.63) is 77.0 Å². The van der Waals surface area contributed by atoms with E-state index in [-0.39, 0.29) is 5.91 Å². The van der Waals surface area contributed by atoms with Crippen LogP contribution in [0.3, 0.4) is 0 Å². The number of nitrogen functional groups attached to an aromatic ring is 1. The third-order valence-corrected chi connectivity index (χ3v) is 7.40. The van der Waals surface area contributed by atoms with Crippen molar-refractivity contribution >= 4 is 28.9 Å². The van der Waals surface area contributed by atoms with Gasteiger partial charge in [0.15, 0.2) is 5.82 Å². The predicted octanol–water partition coefficient (Wildman–Crippen LogP) is 2.26. The van der Waals surface area contributed by atoms with Crippen molar-refractivity contribution in [3.8, 4) is 11.8 Å². The first-order valence-corrected chi connectivity index (χ1v) is 13.2. The highest BCUT2D eigenvalue weighted by Gasteiger charge is 2.22. The number of hydrogen-bond acceptors (Lipinski definition) is 7. The Balaban J connectivity index is 1.29. The molecule has 0 unspecified atom stereocenters. The third-order valence-electron chi connectivity index (χ3n) is 7.40. The molecule has 1 aliphatic heterocycles. The zero-order chi connectivity index (χ0) is 26.8. The van der Waals surface area contributed by atoms with Gasteiger partial charge in [-0.2, -0.15) is 10.2 Å². The molecule has 0 saturated carbocycles. The van der Waals surface area contributed by atoms with E-state index in [2.05, 4.69) is 56.5 Å². The Morgan fingerprint density at radius 3 is 2.74 bits per heavy atom. The maximum absolute atomic E-state index is 11.7. The lowest BCUT2D eigenvalue weighted by molar-refractivity contribution is -0.130. The van der Waals surface area contributed by atoms with Gasteiger partial charge in [-0.25, -0.2) is 15.3 Å². The molecule has 2 aliphatic rings. The fraction of sp³-hybridized carbons (Fsp3) is 0.310. The van der Waals surface area contributed by atoms with Crippen molar-refractivity contribution in [2.24, 2.45) is 5.84 Å². The Kier molecular flexibility index (Phi) is 6.84. The van der Waals surface area contributed by atoms with Crippen LogP contribution in [0.5, 0.6) is 0 Å². The summed E-state index contributed by atoms with van der Waals surface area (Å²) in [4.78, 5) is 20.4. The number of carbonyl (C=O) groups is 1. The molecule has 4 heterocycles.